The Balaban J connectivity index is 0.00000312. The predicted molar refractivity (Wildman–Crippen MR) is 117 cm³/mol. The van der Waals surface area contributed by atoms with E-state index in [9.17, 15) is 4.79 Å². The zero-order valence-electron chi connectivity index (χ0n) is 15.0. The van der Waals surface area contributed by atoms with Gasteiger partial charge in [-0.05, 0) is 30.9 Å². The molecule has 1 amide bonds. The quantitative estimate of drug-likeness (QED) is 0.275. The number of nitrogens with zero attached hydrogens (tertiary/aromatic N) is 2. The molecule has 140 valence electrons. The van der Waals surface area contributed by atoms with Crippen LogP contribution in [-0.2, 0) is 4.79 Å². The molecule has 1 heterocycles. The highest BCUT2D eigenvalue weighted by atomic mass is 127. The molecular formula is C18H29IN4OS. The van der Waals surface area contributed by atoms with Crippen molar-refractivity contribution in [1.29, 1.82) is 0 Å². The second-order valence-electron chi connectivity index (χ2n) is 5.98. The highest BCUT2D eigenvalue weighted by molar-refractivity contribution is 14.0. The van der Waals surface area contributed by atoms with Crippen LogP contribution in [0.4, 0.5) is 0 Å². The number of carbonyl (C=O) groups excluding carboxylic acids is 1. The number of amides is 1. The Kier molecular flexibility index (Phi) is 11.0. The van der Waals surface area contributed by atoms with Gasteiger partial charge in [0.1, 0.15) is 0 Å². The van der Waals surface area contributed by atoms with Gasteiger partial charge in [0.25, 0.3) is 0 Å². The Bertz CT molecular complexity index is 541. The minimum Gasteiger partial charge on any atom is -0.355 e. The Morgan fingerprint density at radius 3 is 2.76 bits per heavy atom. The summed E-state index contributed by atoms with van der Waals surface area (Å²) in [4.78, 5) is 19.6. The van der Waals surface area contributed by atoms with E-state index in [1.807, 2.05) is 24.8 Å². The molecule has 1 atom stereocenters. The molecule has 0 aromatic heterocycles. The maximum absolute atomic E-state index is 11.7. The number of aliphatic imine (C=N–C) groups is 1. The van der Waals surface area contributed by atoms with Gasteiger partial charge >= 0.3 is 0 Å². The Morgan fingerprint density at radius 1 is 1.32 bits per heavy atom. The average Bonchev–Trinajstić information content (AvgIpc) is 3.08. The fourth-order valence-corrected chi connectivity index (χ4v) is 3.76. The monoisotopic (exact) mass is 476 g/mol. The summed E-state index contributed by atoms with van der Waals surface area (Å²) in [5.74, 6) is 2.62. The fraction of sp³-hybridized carbons (Fsp3) is 0.556. The van der Waals surface area contributed by atoms with Crippen LogP contribution in [0.25, 0.3) is 0 Å². The van der Waals surface area contributed by atoms with Crippen molar-refractivity contribution >= 4 is 47.6 Å². The van der Waals surface area contributed by atoms with Crippen LogP contribution in [0, 0.1) is 5.92 Å². The summed E-state index contributed by atoms with van der Waals surface area (Å²) < 4.78 is 0. The summed E-state index contributed by atoms with van der Waals surface area (Å²) in [6, 6.07) is 10.5. The van der Waals surface area contributed by atoms with E-state index in [0.29, 0.717) is 5.92 Å². The van der Waals surface area contributed by atoms with Crippen molar-refractivity contribution in [1.82, 2.24) is 15.5 Å². The molecule has 25 heavy (non-hydrogen) atoms. The number of guanidine groups is 1. The van der Waals surface area contributed by atoms with Gasteiger partial charge < -0.3 is 15.5 Å². The lowest BCUT2D eigenvalue weighted by atomic mass is 10.2. The zero-order chi connectivity index (χ0) is 17.2. The van der Waals surface area contributed by atoms with Crippen LogP contribution in [0.3, 0.4) is 0 Å². The van der Waals surface area contributed by atoms with Crippen molar-refractivity contribution in [3.05, 3.63) is 30.3 Å². The number of thioether (sulfide) groups is 1. The van der Waals surface area contributed by atoms with Crippen LogP contribution in [0.1, 0.15) is 19.8 Å². The second kappa shape index (κ2) is 12.4. The molecule has 7 heteroatoms. The lowest BCUT2D eigenvalue weighted by molar-refractivity contribution is -0.120. The van der Waals surface area contributed by atoms with Crippen molar-refractivity contribution in [2.75, 3.05) is 39.0 Å². The van der Waals surface area contributed by atoms with Crippen LogP contribution in [0.5, 0.6) is 0 Å². The first-order valence-electron chi connectivity index (χ1n) is 8.63. The molecule has 1 saturated heterocycles. The molecule has 2 rings (SSSR count). The number of rotatable bonds is 7. The summed E-state index contributed by atoms with van der Waals surface area (Å²) in [6.07, 6.45) is 2.12. The average molecular weight is 476 g/mol. The number of benzene rings is 1. The first-order chi connectivity index (χ1) is 11.7. The van der Waals surface area contributed by atoms with E-state index in [4.69, 9.17) is 0 Å². The molecule has 0 radical (unpaired) electrons. The van der Waals surface area contributed by atoms with Crippen molar-refractivity contribution in [2.24, 2.45) is 10.9 Å². The summed E-state index contributed by atoms with van der Waals surface area (Å²) in [5, 5.41) is 6.04. The maximum atomic E-state index is 11.7. The molecular weight excluding hydrogens is 447 g/mol. The summed E-state index contributed by atoms with van der Waals surface area (Å²) in [7, 11) is 1.78. The maximum Gasteiger partial charge on any atom is 0.239 e. The molecule has 1 fully saturated rings. The van der Waals surface area contributed by atoms with Gasteiger partial charge in [0.15, 0.2) is 5.96 Å². The van der Waals surface area contributed by atoms with Crippen LogP contribution in [-0.4, -0.2) is 55.7 Å². The number of hydrogen-bond acceptors (Lipinski definition) is 3. The molecule has 2 N–H and O–H groups in total. The highest BCUT2D eigenvalue weighted by Gasteiger charge is 2.25. The molecule has 1 aliphatic heterocycles. The van der Waals surface area contributed by atoms with Gasteiger partial charge in [-0.2, -0.15) is 0 Å². The smallest absolute Gasteiger partial charge is 0.239 e. The van der Waals surface area contributed by atoms with Crippen molar-refractivity contribution in [3.8, 4) is 0 Å². The van der Waals surface area contributed by atoms with E-state index in [1.54, 1.807) is 7.05 Å². The molecule has 0 saturated carbocycles. The topological polar surface area (TPSA) is 56.7 Å². The van der Waals surface area contributed by atoms with Crippen molar-refractivity contribution in [3.63, 3.8) is 0 Å². The van der Waals surface area contributed by atoms with E-state index in [0.717, 1.165) is 37.8 Å². The van der Waals surface area contributed by atoms with E-state index in [1.165, 1.54) is 11.3 Å². The predicted octanol–water partition coefficient (Wildman–Crippen LogP) is 2.82. The second-order valence-corrected chi connectivity index (χ2v) is 7.07. The van der Waals surface area contributed by atoms with Gasteiger partial charge in [0, 0.05) is 37.3 Å². The molecule has 5 nitrogen and oxygen atoms in total. The van der Waals surface area contributed by atoms with Gasteiger partial charge in [-0.1, -0.05) is 25.1 Å². The number of halogens is 1. The lowest BCUT2D eigenvalue weighted by Gasteiger charge is -2.21. The molecule has 1 unspecified atom stereocenters. The fourth-order valence-electron chi connectivity index (χ4n) is 2.71. The minimum atomic E-state index is 0. The van der Waals surface area contributed by atoms with Gasteiger partial charge in [0.2, 0.25) is 5.91 Å². The van der Waals surface area contributed by atoms with E-state index < -0.39 is 0 Å². The van der Waals surface area contributed by atoms with Gasteiger partial charge in [-0.25, -0.2) is 0 Å². The Hall–Kier alpha value is -0.960. The zero-order valence-corrected chi connectivity index (χ0v) is 18.2. The highest BCUT2D eigenvalue weighted by Crippen LogP contribution is 2.25. The lowest BCUT2D eigenvalue weighted by Crippen LogP contribution is -2.44. The molecule has 1 aromatic rings. The standard InChI is InChI=1S/C18H28N4OS.HI/c1-3-10-20-17(23)12-21-18(19-2)22-11-9-15(13-22)14-24-16-7-5-4-6-8-16;/h4-8,15H,3,9-14H2,1-2H3,(H,19,21)(H,20,23);1H. The van der Waals surface area contributed by atoms with Gasteiger partial charge in [-0.3, -0.25) is 9.79 Å². The Morgan fingerprint density at radius 2 is 2.08 bits per heavy atom. The minimum absolute atomic E-state index is 0. The molecule has 0 aliphatic carbocycles. The summed E-state index contributed by atoms with van der Waals surface area (Å²) in [6.45, 7) is 5.05. The van der Waals surface area contributed by atoms with Crippen LogP contribution in [0.15, 0.2) is 40.2 Å². The van der Waals surface area contributed by atoms with Crippen LogP contribution in [0.2, 0.25) is 0 Å². The first-order valence-corrected chi connectivity index (χ1v) is 9.61. The van der Waals surface area contributed by atoms with E-state index >= 15 is 0 Å². The molecule has 0 bridgehead atoms. The molecule has 0 spiro atoms. The third-order valence-corrected chi connectivity index (χ3v) is 5.25. The number of hydrogen-bond donors (Lipinski definition) is 2. The SMILES string of the molecule is CCCNC(=O)CNC(=NC)N1CCC(CSc2ccccc2)C1.I. The van der Waals surface area contributed by atoms with Crippen molar-refractivity contribution < 1.29 is 4.79 Å². The Labute approximate surface area is 172 Å². The van der Waals surface area contributed by atoms with Crippen LogP contribution >= 0.6 is 35.7 Å². The van der Waals surface area contributed by atoms with Crippen LogP contribution < -0.4 is 10.6 Å². The molecule has 1 aliphatic rings. The van der Waals surface area contributed by atoms with Gasteiger partial charge in [0.05, 0.1) is 6.54 Å². The normalized spacial score (nSPS) is 17.1. The first kappa shape index (κ1) is 22.1. The number of carbonyl (C=O) groups is 1. The molecule has 1 aromatic carbocycles. The third kappa shape index (κ3) is 7.85. The van der Waals surface area contributed by atoms with E-state index in [-0.39, 0.29) is 36.4 Å². The summed E-state index contributed by atoms with van der Waals surface area (Å²) >= 11 is 1.92. The van der Waals surface area contributed by atoms with Crippen molar-refractivity contribution in [2.45, 2.75) is 24.7 Å². The van der Waals surface area contributed by atoms with E-state index in [2.05, 4.69) is 44.8 Å². The number of likely N-dealkylation sites (tertiary alicyclic amines) is 1. The van der Waals surface area contributed by atoms with Gasteiger partial charge in [-0.15, -0.1) is 35.7 Å². The largest absolute Gasteiger partial charge is 0.355 e. The third-order valence-electron chi connectivity index (χ3n) is 4.01. The number of nitrogens with one attached hydrogen (secondary N) is 2. The summed E-state index contributed by atoms with van der Waals surface area (Å²) in [5.41, 5.74) is 0.